The molecule has 0 aliphatic heterocycles. The van der Waals surface area contributed by atoms with Crippen molar-refractivity contribution in [1.82, 2.24) is 0 Å². The van der Waals surface area contributed by atoms with Crippen molar-refractivity contribution in [2.45, 2.75) is 32.8 Å². The zero-order chi connectivity index (χ0) is 21.0. The molecule has 156 valence electrons. The molecule has 0 saturated heterocycles. The zero-order valence-electron chi connectivity index (χ0n) is 16.2. The van der Waals surface area contributed by atoms with Crippen molar-refractivity contribution in [2.75, 3.05) is 33.0 Å². The van der Waals surface area contributed by atoms with Gasteiger partial charge in [0.05, 0.1) is 37.8 Å². The molecule has 1 aromatic carbocycles. The minimum absolute atomic E-state index is 0.0241. The smallest absolute Gasteiger partial charge is 0.460 e. The molecule has 0 radical (unpaired) electrons. The van der Waals surface area contributed by atoms with Gasteiger partial charge in [0.25, 0.3) is 5.69 Å². The molecular weight excluding hydrogens is 374 g/mol. The Morgan fingerprint density at radius 3 is 2.11 bits per heavy atom. The monoisotopic (exact) mass is 399 g/mol. The van der Waals surface area contributed by atoms with Gasteiger partial charge in [-0.3, -0.25) is 14.9 Å². The molecule has 0 aliphatic carbocycles. The molecule has 1 aromatic rings. The molecule has 0 aromatic heterocycles. The van der Waals surface area contributed by atoms with Crippen LogP contribution in [0.1, 0.15) is 27.2 Å². The van der Waals surface area contributed by atoms with E-state index in [0.717, 1.165) is 0 Å². The van der Waals surface area contributed by atoms with E-state index in [4.69, 9.17) is 23.7 Å². The highest BCUT2D eigenvalue weighted by atomic mass is 16.7. The molecule has 1 rings (SSSR count). The lowest BCUT2D eigenvalue weighted by Crippen LogP contribution is -2.24. The third-order valence-electron chi connectivity index (χ3n) is 2.94. The minimum Gasteiger partial charge on any atom is -0.460 e. The number of ether oxygens (including phenoxy) is 5. The molecule has 0 saturated carbocycles. The predicted molar refractivity (Wildman–Crippen MR) is 97.2 cm³/mol. The number of nitro groups is 1. The quantitative estimate of drug-likeness (QED) is 0.182. The number of non-ortho nitro benzene ring substituents is 1. The first kappa shape index (κ1) is 23.3. The van der Waals surface area contributed by atoms with Crippen molar-refractivity contribution < 1.29 is 38.2 Å². The van der Waals surface area contributed by atoms with E-state index in [2.05, 4.69) is 0 Å². The summed E-state index contributed by atoms with van der Waals surface area (Å²) < 4.78 is 25.3. The molecule has 0 aliphatic rings. The van der Waals surface area contributed by atoms with Gasteiger partial charge < -0.3 is 23.7 Å². The summed E-state index contributed by atoms with van der Waals surface area (Å²) in [5.41, 5.74) is -0.623. The number of hydrogen-bond acceptors (Lipinski definition) is 9. The largest absolute Gasteiger partial charge is 0.513 e. The SMILES string of the molecule is CC(C)(C)OC(=O)CCOCCOCCOC(=O)Oc1ccc([N+](=O)[O-])cc1. The fourth-order valence-electron chi connectivity index (χ4n) is 1.82. The maximum atomic E-state index is 11.5. The van der Waals surface area contributed by atoms with Gasteiger partial charge in [0.15, 0.2) is 0 Å². The number of nitro benzene ring substituents is 1. The van der Waals surface area contributed by atoms with Gasteiger partial charge in [-0.05, 0) is 32.9 Å². The van der Waals surface area contributed by atoms with Crippen molar-refractivity contribution in [3.05, 3.63) is 34.4 Å². The van der Waals surface area contributed by atoms with Crippen LogP contribution in [0.4, 0.5) is 10.5 Å². The van der Waals surface area contributed by atoms with Crippen LogP contribution in [0.3, 0.4) is 0 Å². The van der Waals surface area contributed by atoms with Crippen LogP contribution in [0.25, 0.3) is 0 Å². The second-order valence-electron chi connectivity index (χ2n) is 6.51. The van der Waals surface area contributed by atoms with E-state index in [9.17, 15) is 19.7 Å². The number of esters is 1. The lowest BCUT2D eigenvalue weighted by molar-refractivity contribution is -0.384. The molecule has 0 bridgehead atoms. The van der Waals surface area contributed by atoms with Crippen molar-refractivity contribution in [3.8, 4) is 5.75 Å². The van der Waals surface area contributed by atoms with Gasteiger partial charge in [0.1, 0.15) is 18.0 Å². The van der Waals surface area contributed by atoms with E-state index in [1.54, 1.807) is 20.8 Å². The molecule has 0 fully saturated rings. The van der Waals surface area contributed by atoms with E-state index in [1.807, 2.05) is 0 Å². The van der Waals surface area contributed by atoms with Crippen LogP contribution in [0.5, 0.6) is 5.75 Å². The first-order chi connectivity index (χ1) is 13.2. The average Bonchev–Trinajstić information content (AvgIpc) is 2.59. The van der Waals surface area contributed by atoms with Crippen molar-refractivity contribution in [1.29, 1.82) is 0 Å². The summed E-state index contributed by atoms with van der Waals surface area (Å²) in [5.74, 6) is -0.191. The Morgan fingerprint density at radius 2 is 1.54 bits per heavy atom. The van der Waals surface area contributed by atoms with E-state index in [1.165, 1.54) is 24.3 Å². The molecule has 28 heavy (non-hydrogen) atoms. The lowest BCUT2D eigenvalue weighted by Gasteiger charge is -2.19. The van der Waals surface area contributed by atoms with Crippen LogP contribution in [0.15, 0.2) is 24.3 Å². The number of benzene rings is 1. The summed E-state index contributed by atoms with van der Waals surface area (Å²) in [7, 11) is 0. The van der Waals surface area contributed by atoms with Gasteiger partial charge in [0, 0.05) is 12.1 Å². The topological polar surface area (TPSA) is 123 Å². The Labute approximate surface area is 162 Å². The zero-order valence-corrected chi connectivity index (χ0v) is 16.2. The highest BCUT2D eigenvalue weighted by molar-refractivity contribution is 5.69. The Hall–Kier alpha value is -2.72. The first-order valence-electron chi connectivity index (χ1n) is 8.64. The Kier molecular flexibility index (Phi) is 9.89. The van der Waals surface area contributed by atoms with Gasteiger partial charge in [0.2, 0.25) is 0 Å². The van der Waals surface area contributed by atoms with Crippen molar-refractivity contribution >= 4 is 17.8 Å². The molecule has 0 spiro atoms. The van der Waals surface area contributed by atoms with Gasteiger partial charge in [-0.25, -0.2) is 4.79 Å². The van der Waals surface area contributed by atoms with Crippen LogP contribution in [0.2, 0.25) is 0 Å². The second-order valence-corrected chi connectivity index (χ2v) is 6.51. The van der Waals surface area contributed by atoms with E-state index in [-0.39, 0.29) is 56.9 Å². The Morgan fingerprint density at radius 1 is 0.964 bits per heavy atom. The highest BCUT2D eigenvalue weighted by Gasteiger charge is 2.15. The summed E-state index contributed by atoms with van der Waals surface area (Å²) in [6.45, 7) is 6.30. The number of hydrogen-bond donors (Lipinski definition) is 0. The van der Waals surface area contributed by atoms with Crippen LogP contribution < -0.4 is 4.74 Å². The molecule has 0 heterocycles. The fraction of sp³-hybridized carbons (Fsp3) is 0.556. The summed E-state index contributed by atoms with van der Waals surface area (Å²) in [6, 6.07) is 5.03. The minimum atomic E-state index is -0.939. The van der Waals surface area contributed by atoms with Crippen molar-refractivity contribution in [3.63, 3.8) is 0 Å². The molecule has 0 amide bonds. The standard InChI is InChI=1S/C18H25NO9/c1-18(2,3)28-16(20)8-9-24-10-11-25-12-13-26-17(21)27-15-6-4-14(5-7-15)19(22)23/h4-7H,8-13H2,1-3H3. The van der Waals surface area contributed by atoms with Crippen LogP contribution >= 0.6 is 0 Å². The van der Waals surface area contributed by atoms with Crippen molar-refractivity contribution in [2.24, 2.45) is 0 Å². The Bertz CT molecular complexity index is 637. The fourth-order valence-corrected chi connectivity index (χ4v) is 1.82. The van der Waals surface area contributed by atoms with E-state index in [0.29, 0.717) is 0 Å². The summed E-state index contributed by atoms with van der Waals surface area (Å²) in [5, 5.41) is 10.5. The normalized spacial score (nSPS) is 11.0. The second kappa shape index (κ2) is 11.9. The van der Waals surface area contributed by atoms with E-state index < -0.39 is 16.7 Å². The lowest BCUT2D eigenvalue weighted by atomic mass is 10.2. The maximum absolute atomic E-state index is 11.5. The van der Waals surface area contributed by atoms with Crippen LogP contribution in [-0.2, 0) is 23.7 Å². The number of rotatable bonds is 11. The summed E-state index contributed by atoms with van der Waals surface area (Å²) >= 11 is 0. The molecule has 0 atom stereocenters. The number of carbonyl (C=O) groups is 2. The third kappa shape index (κ3) is 11.1. The van der Waals surface area contributed by atoms with Gasteiger partial charge >= 0.3 is 12.1 Å². The summed E-state index contributed by atoms with van der Waals surface area (Å²) in [4.78, 5) is 32.9. The van der Waals surface area contributed by atoms with Gasteiger partial charge in [-0.1, -0.05) is 0 Å². The molecule has 0 unspecified atom stereocenters. The first-order valence-corrected chi connectivity index (χ1v) is 8.64. The predicted octanol–water partition coefficient (Wildman–Crippen LogP) is 2.88. The molecular formula is C18H25NO9. The molecule has 0 N–H and O–H groups in total. The van der Waals surface area contributed by atoms with Gasteiger partial charge in [-0.2, -0.15) is 0 Å². The van der Waals surface area contributed by atoms with Crippen LogP contribution in [0, 0.1) is 10.1 Å². The average molecular weight is 399 g/mol. The van der Waals surface area contributed by atoms with Crippen LogP contribution in [-0.4, -0.2) is 55.7 Å². The highest BCUT2D eigenvalue weighted by Crippen LogP contribution is 2.17. The van der Waals surface area contributed by atoms with E-state index >= 15 is 0 Å². The third-order valence-corrected chi connectivity index (χ3v) is 2.94. The molecule has 10 nitrogen and oxygen atoms in total. The Balaban J connectivity index is 2.01. The molecule has 10 heteroatoms. The summed E-state index contributed by atoms with van der Waals surface area (Å²) in [6.07, 6.45) is -0.777. The number of nitrogens with zero attached hydrogens (tertiary/aromatic N) is 1. The maximum Gasteiger partial charge on any atom is 0.513 e. The van der Waals surface area contributed by atoms with Gasteiger partial charge in [-0.15, -0.1) is 0 Å². The number of carbonyl (C=O) groups excluding carboxylic acids is 2.